The summed E-state index contributed by atoms with van der Waals surface area (Å²) in [6, 6.07) is 8.25. The van der Waals surface area contributed by atoms with Crippen molar-refractivity contribution in [2.45, 2.75) is 51.1 Å². The number of carbonyl (C=O) groups excluding carboxylic acids is 1. The molecule has 4 heteroatoms. The quantitative estimate of drug-likeness (QED) is 0.712. The average Bonchev–Trinajstić information content (AvgIpc) is 3.41. The van der Waals surface area contributed by atoms with Gasteiger partial charge in [-0.25, -0.2) is 0 Å². The largest absolute Gasteiger partial charge is 0.493 e. The van der Waals surface area contributed by atoms with Crippen molar-refractivity contribution in [3.63, 3.8) is 0 Å². The Hall–Kier alpha value is -1.55. The molecule has 0 aromatic heterocycles. The molecule has 0 radical (unpaired) electrons. The molecule has 0 saturated heterocycles. The number of hydrogen-bond donors (Lipinski definition) is 1. The molecular formula is C18H25NO3. The Bertz CT molecular complexity index is 504. The molecule has 4 nitrogen and oxygen atoms in total. The van der Waals surface area contributed by atoms with Crippen molar-refractivity contribution in [1.29, 1.82) is 0 Å². The van der Waals surface area contributed by atoms with Crippen molar-refractivity contribution in [2.75, 3.05) is 13.2 Å². The molecule has 3 rings (SSSR count). The van der Waals surface area contributed by atoms with Crippen LogP contribution in [0.25, 0.3) is 0 Å². The van der Waals surface area contributed by atoms with Gasteiger partial charge in [0.25, 0.3) is 0 Å². The summed E-state index contributed by atoms with van der Waals surface area (Å²) >= 11 is 0. The van der Waals surface area contributed by atoms with E-state index in [1.807, 2.05) is 19.1 Å². The molecule has 2 aliphatic carbocycles. The van der Waals surface area contributed by atoms with Gasteiger partial charge in [-0.15, -0.1) is 0 Å². The van der Waals surface area contributed by atoms with E-state index >= 15 is 0 Å². The summed E-state index contributed by atoms with van der Waals surface area (Å²) in [6.07, 6.45) is 5.20. The van der Waals surface area contributed by atoms with E-state index in [1.165, 1.54) is 18.4 Å². The van der Waals surface area contributed by atoms with Gasteiger partial charge in [0.15, 0.2) is 0 Å². The first-order valence-corrected chi connectivity index (χ1v) is 8.31. The molecule has 1 aromatic carbocycles. The van der Waals surface area contributed by atoms with Gasteiger partial charge in [0.05, 0.1) is 19.6 Å². The lowest BCUT2D eigenvalue weighted by Gasteiger charge is -2.16. The van der Waals surface area contributed by atoms with Gasteiger partial charge in [-0.05, 0) is 56.2 Å². The van der Waals surface area contributed by atoms with Gasteiger partial charge in [0.1, 0.15) is 5.75 Å². The second-order valence-electron chi connectivity index (χ2n) is 6.51. The van der Waals surface area contributed by atoms with Gasteiger partial charge in [-0.1, -0.05) is 12.1 Å². The third kappa shape index (κ3) is 4.47. The van der Waals surface area contributed by atoms with Gasteiger partial charge in [-0.2, -0.15) is 0 Å². The fourth-order valence-corrected chi connectivity index (χ4v) is 2.55. The molecule has 2 aliphatic rings. The Balaban J connectivity index is 1.43. The van der Waals surface area contributed by atoms with E-state index in [2.05, 4.69) is 17.4 Å². The van der Waals surface area contributed by atoms with Crippen LogP contribution in [0.1, 0.15) is 44.6 Å². The summed E-state index contributed by atoms with van der Waals surface area (Å²) in [7, 11) is 0. The van der Waals surface area contributed by atoms with Crippen LogP contribution in [0.5, 0.6) is 5.75 Å². The minimum Gasteiger partial charge on any atom is -0.493 e. The zero-order chi connectivity index (χ0) is 15.4. The predicted octanol–water partition coefficient (Wildman–Crippen LogP) is 3.05. The summed E-state index contributed by atoms with van der Waals surface area (Å²) in [4.78, 5) is 11.6. The lowest BCUT2D eigenvalue weighted by atomic mass is 10.1. The molecule has 0 amide bonds. The zero-order valence-electron chi connectivity index (χ0n) is 13.3. The van der Waals surface area contributed by atoms with E-state index in [-0.39, 0.29) is 11.5 Å². The third-order valence-corrected chi connectivity index (χ3v) is 4.42. The normalized spacial score (nSPS) is 18.8. The SMILES string of the molecule is CCOC(=O)CC1(NCc2ccc(OCC3CC3)cc2)CC1. The Morgan fingerprint density at radius 3 is 2.59 bits per heavy atom. The molecule has 0 aliphatic heterocycles. The fraction of sp³-hybridized carbons (Fsp3) is 0.611. The second-order valence-corrected chi connectivity index (χ2v) is 6.51. The van der Waals surface area contributed by atoms with Gasteiger partial charge in [0, 0.05) is 12.1 Å². The summed E-state index contributed by atoms with van der Waals surface area (Å²) in [6.45, 7) is 3.93. The van der Waals surface area contributed by atoms with E-state index in [1.54, 1.807) is 0 Å². The van der Waals surface area contributed by atoms with Crippen molar-refractivity contribution >= 4 is 5.97 Å². The summed E-state index contributed by atoms with van der Waals surface area (Å²) in [5.74, 6) is 1.62. The number of ether oxygens (including phenoxy) is 2. The molecule has 22 heavy (non-hydrogen) atoms. The molecule has 0 atom stereocenters. The first-order chi connectivity index (χ1) is 10.7. The Labute approximate surface area is 132 Å². The molecule has 2 saturated carbocycles. The second kappa shape index (κ2) is 6.69. The first kappa shape index (κ1) is 15.3. The van der Waals surface area contributed by atoms with Crippen LogP contribution in [0, 0.1) is 5.92 Å². The highest BCUT2D eigenvalue weighted by molar-refractivity contribution is 5.71. The summed E-state index contributed by atoms with van der Waals surface area (Å²) in [5, 5.41) is 3.51. The van der Waals surface area contributed by atoms with Crippen LogP contribution in [-0.4, -0.2) is 24.7 Å². The van der Waals surface area contributed by atoms with Crippen LogP contribution in [0.4, 0.5) is 0 Å². The van der Waals surface area contributed by atoms with Crippen LogP contribution >= 0.6 is 0 Å². The van der Waals surface area contributed by atoms with Gasteiger partial charge in [-0.3, -0.25) is 4.79 Å². The number of hydrogen-bond acceptors (Lipinski definition) is 4. The van der Waals surface area contributed by atoms with Gasteiger partial charge < -0.3 is 14.8 Å². The highest BCUT2D eigenvalue weighted by atomic mass is 16.5. The van der Waals surface area contributed by atoms with Crippen LogP contribution in [0.3, 0.4) is 0 Å². The third-order valence-electron chi connectivity index (χ3n) is 4.42. The number of rotatable bonds is 9. The van der Waals surface area contributed by atoms with Crippen molar-refractivity contribution in [1.82, 2.24) is 5.32 Å². The molecule has 0 bridgehead atoms. The van der Waals surface area contributed by atoms with Gasteiger partial charge >= 0.3 is 5.97 Å². The van der Waals surface area contributed by atoms with Crippen molar-refractivity contribution in [2.24, 2.45) is 5.92 Å². The maximum atomic E-state index is 11.6. The maximum Gasteiger partial charge on any atom is 0.307 e. The maximum absolute atomic E-state index is 11.6. The summed E-state index contributed by atoms with van der Waals surface area (Å²) in [5.41, 5.74) is 1.18. The van der Waals surface area contributed by atoms with Crippen molar-refractivity contribution in [3.05, 3.63) is 29.8 Å². The minimum absolute atomic E-state index is 0.0343. The van der Waals surface area contributed by atoms with Crippen molar-refractivity contribution < 1.29 is 14.3 Å². The lowest BCUT2D eigenvalue weighted by Crippen LogP contribution is -2.33. The lowest BCUT2D eigenvalue weighted by molar-refractivity contribution is -0.143. The predicted molar refractivity (Wildman–Crippen MR) is 84.7 cm³/mol. The highest BCUT2D eigenvalue weighted by Gasteiger charge is 2.44. The highest BCUT2D eigenvalue weighted by Crippen LogP contribution is 2.39. The van der Waals surface area contributed by atoms with E-state index in [0.29, 0.717) is 13.0 Å². The topological polar surface area (TPSA) is 47.6 Å². The molecule has 1 N–H and O–H groups in total. The molecule has 2 fully saturated rings. The Kier molecular flexibility index (Phi) is 4.67. The van der Waals surface area contributed by atoms with E-state index in [4.69, 9.17) is 9.47 Å². The molecule has 0 heterocycles. The van der Waals surface area contributed by atoms with Crippen LogP contribution in [0.15, 0.2) is 24.3 Å². The summed E-state index contributed by atoms with van der Waals surface area (Å²) < 4.78 is 10.8. The van der Waals surface area contributed by atoms with E-state index in [0.717, 1.165) is 37.7 Å². The minimum atomic E-state index is -0.101. The molecular weight excluding hydrogens is 278 g/mol. The number of carbonyl (C=O) groups is 1. The molecule has 1 aromatic rings. The van der Waals surface area contributed by atoms with Crippen molar-refractivity contribution in [3.8, 4) is 5.75 Å². The Morgan fingerprint density at radius 2 is 2.00 bits per heavy atom. The molecule has 0 spiro atoms. The van der Waals surface area contributed by atoms with E-state index < -0.39 is 0 Å². The standard InChI is InChI=1S/C18H25NO3/c1-2-21-17(20)11-18(9-10-18)19-12-14-5-7-16(8-6-14)22-13-15-3-4-15/h5-8,15,19H,2-4,9-13H2,1H3. The fourth-order valence-electron chi connectivity index (χ4n) is 2.55. The first-order valence-electron chi connectivity index (χ1n) is 8.31. The van der Waals surface area contributed by atoms with E-state index in [9.17, 15) is 4.79 Å². The number of benzene rings is 1. The van der Waals surface area contributed by atoms with Crippen LogP contribution in [-0.2, 0) is 16.1 Å². The smallest absolute Gasteiger partial charge is 0.307 e. The molecule has 0 unspecified atom stereocenters. The van der Waals surface area contributed by atoms with Crippen LogP contribution < -0.4 is 10.1 Å². The molecule has 120 valence electrons. The number of nitrogens with one attached hydrogen (secondary N) is 1. The number of esters is 1. The van der Waals surface area contributed by atoms with Gasteiger partial charge in [0.2, 0.25) is 0 Å². The monoisotopic (exact) mass is 303 g/mol. The Morgan fingerprint density at radius 1 is 1.27 bits per heavy atom. The zero-order valence-corrected chi connectivity index (χ0v) is 13.3. The average molecular weight is 303 g/mol. The van der Waals surface area contributed by atoms with Crippen LogP contribution in [0.2, 0.25) is 0 Å².